The van der Waals surface area contributed by atoms with E-state index in [1.165, 1.54) is 12.1 Å². The Morgan fingerprint density at radius 2 is 1.43 bits per heavy atom. The lowest BCUT2D eigenvalue weighted by Crippen LogP contribution is -2.38. The summed E-state index contributed by atoms with van der Waals surface area (Å²) in [4.78, 5) is 11.5. The van der Waals surface area contributed by atoms with Crippen molar-refractivity contribution < 1.29 is 13.2 Å². The molecule has 0 aliphatic rings. The molecule has 0 aliphatic heterocycles. The van der Waals surface area contributed by atoms with Crippen LogP contribution < -0.4 is 5.73 Å². The predicted molar refractivity (Wildman–Crippen MR) is 89.1 cm³/mol. The van der Waals surface area contributed by atoms with E-state index in [1.807, 2.05) is 38.1 Å². The zero-order valence-electron chi connectivity index (χ0n) is 13.2. The maximum absolute atomic E-state index is 12.8. The van der Waals surface area contributed by atoms with Crippen LogP contribution in [-0.4, -0.2) is 25.2 Å². The van der Waals surface area contributed by atoms with Crippen molar-refractivity contribution in [2.75, 3.05) is 6.54 Å². The largest absolute Gasteiger partial charge is 0.369 e. The molecular formula is C17H20N2O3S. The Kier molecular flexibility index (Phi) is 5.18. The fraction of sp³-hybridized carbons (Fsp3) is 0.235. The summed E-state index contributed by atoms with van der Waals surface area (Å²) in [6.07, 6.45) is 0. The van der Waals surface area contributed by atoms with Gasteiger partial charge in [-0.2, -0.15) is 4.31 Å². The Balaban J connectivity index is 2.34. The molecule has 0 atom stereocenters. The van der Waals surface area contributed by atoms with Gasteiger partial charge in [0.25, 0.3) is 0 Å². The highest BCUT2D eigenvalue weighted by atomic mass is 32.2. The van der Waals surface area contributed by atoms with E-state index in [-0.39, 0.29) is 18.0 Å². The van der Waals surface area contributed by atoms with Crippen LogP contribution in [0.25, 0.3) is 0 Å². The summed E-state index contributed by atoms with van der Waals surface area (Å²) in [5.41, 5.74) is 8.07. The number of aryl methyl sites for hydroxylation is 2. The summed E-state index contributed by atoms with van der Waals surface area (Å²) in [5, 5.41) is 0. The van der Waals surface area contributed by atoms with Crippen molar-refractivity contribution in [3.63, 3.8) is 0 Å². The molecule has 122 valence electrons. The molecule has 0 spiro atoms. The summed E-state index contributed by atoms with van der Waals surface area (Å²) in [6, 6.07) is 14.0. The summed E-state index contributed by atoms with van der Waals surface area (Å²) in [5.74, 6) is -0.687. The third-order valence-corrected chi connectivity index (χ3v) is 5.28. The molecule has 2 N–H and O–H groups in total. The zero-order chi connectivity index (χ0) is 17.0. The summed E-state index contributed by atoms with van der Waals surface area (Å²) < 4.78 is 26.6. The van der Waals surface area contributed by atoms with Gasteiger partial charge in [-0.05, 0) is 31.5 Å². The number of primary amides is 1. The van der Waals surface area contributed by atoms with Crippen LogP contribution >= 0.6 is 0 Å². The number of hydrogen-bond acceptors (Lipinski definition) is 3. The van der Waals surface area contributed by atoms with Gasteiger partial charge in [0.1, 0.15) is 0 Å². The van der Waals surface area contributed by atoms with E-state index in [4.69, 9.17) is 5.73 Å². The maximum atomic E-state index is 12.8. The molecule has 0 heterocycles. The van der Waals surface area contributed by atoms with Crippen LogP contribution in [0.2, 0.25) is 0 Å². The van der Waals surface area contributed by atoms with Crippen LogP contribution in [0.15, 0.2) is 53.4 Å². The molecule has 5 nitrogen and oxygen atoms in total. The molecule has 2 rings (SSSR count). The number of benzene rings is 2. The van der Waals surface area contributed by atoms with Crippen LogP contribution in [0, 0.1) is 13.8 Å². The van der Waals surface area contributed by atoms with Gasteiger partial charge in [0.05, 0.1) is 11.4 Å². The first-order chi connectivity index (χ1) is 10.8. The van der Waals surface area contributed by atoms with Gasteiger partial charge in [0.15, 0.2) is 0 Å². The molecule has 1 amide bonds. The summed E-state index contributed by atoms with van der Waals surface area (Å²) in [7, 11) is -3.79. The highest BCUT2D eigenvalue weighted by molar-refractivity contribution is 7.89. The van der Waals surface area contributed by atoms with Crippen LogP contribution in [0.4, 0.5) is 0 Å². The molecule has 0 aromatic heterocycles. The second-order valence-electron chi connectivity index (χ2n) is 5.54. The fourth-order valence-corrected chi connectivity index (χ4v) is 3.55. The zero-order valence-corrected chi connectivity index (χ0v) is 14.0. The smallest absolute Gasteiger partial charge is 0.243 e. The van der Waals surface area contributed by atoms with E-state index < -0.39 is 15.9 Å². The molecule has 0 saturated carbocycles. The second kappa shape index (κ2) is 6.93. The standard InChI is InChI=1S/C17H20N2O3S/c1-13-3-7-15(8-4-13)11-19(12-17(18)20)23(21,22)16-9-5-14(2)6-10-16/h3-10H,11-12H2,1-2H3,(H2,18,20). The topological polar surface area (TPSA) is 80.5 Å². The first-order valence-electron chi connectivity index (χ1n) is 7.20. The molecule has 2 aromatic rings. The van der Waals surface area contributed by atoms with E-state index in [1.54, 1.807) is 12.1 Å². The minimum atomic E-state index is -3.79. The first-order valence-corrected chi connectivity index (χ1v) is 8.64. The van der Waals surface area contributed by atoms with Crippen molar-refractivity contribution in [3.05, 3.63) is 65.2 Å². The number of carbonyl (C=O) groups is 1. The van der Waals surface area contributed by atoms with Gasteiger partial charge in [-0.3, -0.25) is 4.79 Å². The number of rotatable bonds is 6. The van der Waals surface area contributed by atoms with Gasteiger partial charge in [-0.25, -0.2) is 8.42 Å². The average molecular weight is 332 g/mol. The number of hydrogen-bond donors (Lipinski definition) is 1. The number of carbonyl (C=O) groups excluding carboxylic acids is 1. The first kappa shape index (κ1) is 17.2. The maximum Gasteiger partial charge on any atom is 0.243 e. The van der Waals surface area contributed by atoms with Gasteiger partial charge in [0, 0.05) is 6.54 Å². The van der Waals surface area contributed by atoms with E-state index in [9.17, 15) is 13.2 Å². The third-order valence-electron chi connectivity index (χ3n) is 3.47. The van der Waals surface area contributed by atoms with Crippen molar-refractivity contribution in [2.45, 2.75) is 25.3 Å². The molecular weight excluding hydrogens is 312 g/mol. The molecule has 0 bridgehead atoms. The lowest BCUT2D eigenvalue weighted by atomic mass is 10.1. The van der Waals surface area contributed by atoms with Crippen molar-refractivity contribution >= 4 is 15.9 Å². The molecule has 0 saturated heterocycles. The summed E-state index contributed by atoms with van der Waals surface area (Å²) >= 11 is 0. The minimum Gasteiger partial charge on any atom is -0.369 e. The lowest BCUT2D eigenvalue weighted by molar-refractivity contribution is -0.118. The molecule has 2 aromatic carbocycles. The van der Waals surface area contributed by atoms with E-state index >= 15 is 0 Å². The van der Waals surface area contributed by atoms with Crippen LogP contribution in [0.1, 0.15) is 16.7 Å². The Morgan fingerprint density at radius 3 is 1.91 bits per heavy atom. The number of nitrogens with zero attached hydrogens (tertiary/aromatic N) is 1. The fourth-order valence-electron chi connectivity index (χ4n) is 2.16. The Bertz CT molecular complexity index is 782. The van der Waals surface area contributed by atoms with Crippen LogP contribution in [0.3, 0.4) is 0 Å². The third kappa shape index (κ3) is 4.40. The normalized spacial score (nSPS) is 11.6. The molecule has 0 unspecified atom stereocenters. The highest BCUT2D eigenvalue weighted by Gasteiger charge is 2.26. The van der Waals surface area contributed by atoms with Gasteiger partial charge < -0.3 is 5.73 Å². The molecule has 0 fully saturated rings. The quantitative estimate of drug-likeness (QED) is 0.878. The number of nitrogens with two attached hydrogens (primary N) is 1. The van der Waals surface area contributed by atoms with Gasteiger partial charge in [-0.1, -0.05) is 47.5 Å². The average Bonchev–Trinajstić information content (AvgIpc) is 2.49. The number of amides is 1. The highest BCUT2D eigenvalue weighted by Crippen LogP contribution is 2.19. The van der Waals surface area contributed by atoms with E-state index in [0.29, 0.717) is 0 Å². The lowest BCUT2D eigenvalue weighted by Gasteiger charge is -2.21. The monoisotopic (exact) mass is 332 g/mol. The molecule has 0 radical (unpaired) electrons. The molecule has 0 aliphatic carbocycles. The SMILES string of the molecule is Cc1ccc(CN(CC(N)=O)S(=O)(=O)c2ccc(C)cc2)cc1. The predicted octanol–water partition coefficient (Wildman–Crippen LogP) is 1.98. The van der Waals surface area contributed by atoms with Crippen molar-refractivity contribution in [1.82, 2.24) is 4.31 Å². The summed E-state index contributed by atoms with van der Waals surface area (Å²) in [6.45, 7) is 3.57. The molecule has 6 heteroatoms. The second-order valence-corrected chi connectivity index (χ2v) is 7.48. The Hall–Kier alpha value is -2.18. The molecule has 23 heavy (non-hydrogen) atoms. The van der Waals surface area contributed by atoms with Crippen LogP contribution in [-0.2, 0) is 21.4 Å². The van der Waals surface area contributed by atoms with Crippen molar-refractivity contribution in [1.29, 1.82) is 0 Å². The van der Waals surface area contributed by atoms with Crippen molar-refractivity contribution in [3.8, 4) is 0 Å². The van der Waals surface area contributed by atoms with Crippen molar-refractivity contribution in [2.24, 2.45) is 5.73 Å². The van der Waals surface area contributed by atoms with Crippen LogP contribution in [0.5, 0.6) is 0 Å². The Morgan fingerprint density at radius 1 is 0.957 bits per heavy atom. The van der Waals surface area contributed by atoms with Gasteiger partial charge in [-0.15, -0.1) is 0 Å². The minimum absolute atomic E-state index is 0.0967. The van der Waals surface area contributed by atoms with E-state index in [2.05, 4.69) is 0 Å². The Labute approximate surface area is 136 Å². The van der Waals surface area contributed by atoms with Gasteiger partial charge >= 0.3 is 0 Å². The van der Waals surface area contributed by atoms with E-state index in [0.717, 1.165) is 21.0 Å². The van der Waals surface area contributed by atoms with Gasteiger partial charge in [0.2, 0.25) is 15.9 Å². The number of sulfonamides is 1.